The lowest BCUT2D eigenvalue weighted by Gasteiger charge is -2.12. The van der Waals surface area contributed by atoms with Gasteiger partial charge >= 0.3 is 0 Å². The largest absolute Gasteiger partial charge is 0.236 e. The Morgan fingerprint density at radius 2 is 1.61 bits per heavy atom. The Labute approximate surface area is 168 Å². The molecule has 5 rings (SSSR count). The van der Waals surface area contributed by atoms with E-state index in [0.29, 0.717) is 0 Å². The van der Waals surface area contributed by atoms with Gasteiger partial charge in [-0.25, -0.2) is 4.98 Å². The second kappa shape index (κ2) is 7.06. The molecule has 2 heteroatoms. The zero-order valence-electron chi connectivity index (χ0n) is 15.4. The molecule has 1 heterocycles. The monoisotopic (exact) mass is 377 g/mol. The molecule has 0 aliphatic carbocycles. The van der Waals surface area contributed by atoms with Crippen molar-refractivity contribution < 1.29 is 0 Å². The number of hydrogen-bond donors (Lipinski definition) is 0. The van der Waals surface area contributed by atoms with Crippen LogP contribution in [0.3, 0.4) is 0 Å². The third-order valence-electron chi connectivity index (χ3n) is 5.13. The van der Waals surface area contributed by atoms with E-state index in [1.165, 1.54) is 32.2 Å². The smallest absolute Gasteiger partial charge is 0.125 e. The van der Waals surface area contributed by atoms with Gasteiger partial charge in [0.15, 0.2) is 0 Å². The first-order valence-corrected chi connectivity index (χ1v) is 10.2. The molecule has 5 aromatic rings. The minimum Gasteiger partial charge on any atom is -0.236 e. The maximum Gasteiger partial charge on any atom is 0.125 e. The van der Waals surface area contributed by atoms with Gasteiger partial charge in [-0.15, -0.1) is 11.3 Å². The summed E-state index contributed by atoms with van der Waals surface area (Å²) in [4.78, 5) is 4.97. The Bertz CT molecular complexity index is 1260. The number of nitrogens with zero attached hydrogens (tertiary/aromatic N) is 1. The van der Waals surface area contributed by atoms with E-state index in [9.17, 15) is 0 Å². The quantitative estimate of drug-likeness (QED) is 0.319. The molecular formula is C26H19NS. The van der Waals surface area contributed by atoms with Crippen LogP contribution in [-0.4, -0.2) is 4.98 Å². The highest BCUT2D eigenvalue weighted by Crippen LogP contribution is 2.37. The highest BCUT2D eigenvalue weighted by Gasteiger charge is 2.14. The van der Waals surface area contributed by atoms with Crippen molar-refractivity contribution in [3.8, 4) is 10.6 Å². The topological polar surface area (TPSA) is 12.9 Å². The molecule has 0 aliphatic rings. The molecule has 0 saturated carbocycles. The molecule has 0 atom stereocenters. The minimum atomic E-state index is 0.882. The molecule has 0 amide bonds. The summed E-state index contributed by atoms with van der Waals surface area (Å²) in [5.41, 5.74) is 6.07. The fourth-order valence-electron chi connectivity index (χ4n) is 3.69. The van der Waals surface area contributed by atoms with E-state index < -0.39 is 0 Å². The van der Waals surface area contributed by atoms with Crippen molar-refractivity contribution in [2.75, 3.05) is 0 Å². The molecule has 0 aliphatic heterocycles. The molecule has 134 valence electrons. The summed E-state index contributed by atoms with van der Waals surface area (Å²) in [6.07, 6.45) is 2.76. The number of rotatable bonds is 4. The van der Waals surface area contributed by atoms with Gasteiger partial charge in [-0.3, -0.25) is 0 Å². The van der Waals surface area contributed by atoms with Crippen LogP contribution in [0.5, 0.6) is 0 Å². The first-order valence-electron chi connectivity index (χ1n) is 9.40. The molecule has 1 nitrogen and oxygen atoms in total. The SMILES string of the molecule is C=Cc1ccc(Cc2ccc3ccccc3c2-c2nc3ccccc3s2)cc1. The zero-order chi connectivity index (χ0) is 18.9. The lowest BCUT2D eigenvalue weighted by molar-refractivity contribution is 1.20. The van der Waals surface area contributed by atoms with Crippen LogP contribution < -0.4 is 0 Å². The average Bonchev–Trinajstić information content (AvgIpc) is 3.18. The fourth-order valence-corrected chi connectivity index (χ4v) is 4.75. The molecule has 0 unspecified atom stereocenters. The van der Waals surface area contributed by atoms with Crippen molar-refractivity contribution in [2.45, 2.75) is 6.42 Å². The summed E-state index contributed by atoms with van der Waals surface area (Å²) >= 11 is 1.77. The summed E-state index contributed by atoms with van der Waals surface area (Å²) in [6.45, 7) is 3.85. The molecule has 0 N–H and O–H groups in total. The van der Waals surface area contributed by atoms with Crippen LogP contribution in [0.4, 0.5) is 0 Å². The highest BCUT2D eigenvalue weighted by atomic mass is 32.1. The standard InChI is InChI=1S/C26H19NS/c1-2-18-11-13-19(14-12-18)17-21-16-15-20-7-3-4-8-22(20)25(21)26-27-23-9-5-6-10-24(23)28-26/h2-16H,1,17H2. The zero-order valence-corrected chi connectivity index (χ0v) is 16.2. The van der Waals surface area contributed by atoms with E-state index in [1.807, 2.05) is 6.08 Å². The lowest BCUT2D eigenvalue weighted by Crippen LogP contribution is -1.94. The van der Waals surface area contributed by atoms with E-state index in [0.717, 1.165) is 22.5 Å². The van der Waals surface area contributed by atoms with Gasteiger partial charge in [0.1, 0.15) is 5.01 Å². The second-order valence-corrected chi connectivity index (χ2v) is 7.96. The van der Waals surface area contributed by atoms with Crippen LogP contribution in [0.15, 0.2) is 91.5 Å². The summed E-state index contributed by atoms with van der Waals surface area (Å²) in [6, 6.07) is 30.1. The van der Waals surface area contributed by atoms with Gasteiger partial charge in [-0.2, -0.15) is 0 Å². The van der Waals surface area contributed by atoms with Gasteiger partial charge in [0.05, 0.1) is 10.2 Å². The van der Waals surface area contributed by atoms with Crippen LogP contribution in [0.25, 0.3) is 37.6 Å². The Morgan fingerprint density at radius 3 is 2.43 bits per heavy atom. The van der Waals surface area contributed by atoms with Gasteiger partial charge in [0.25, 0.3) is 0 Å². The van der Waals surface area contributed by atoms with Crippen molar-refractivity contribution in [1.29, 1.82) is 0 Å². The fraction of sp³-hybridized carbons (Fsp3) is 0.0385. The number of hydrogen-bond acceptors (Lipinski definition) is 2. The number of aromatic nitrogens is 1. The average molecular weight is 378 g/mol. The van der Waals surface area contributed by atoms with Gasteiger partial charge in [-0.1, -0.05) is 85.5 Å². The van der Waals surface area contributed by atoms with Gasteiger partial charge in [0.2, 0.25) is 0 Å². The van der Waals surface area contributed by atoms with Crippen molar-refractivity contribution in [3.05, 3.63) is 108 Å². The maximum absolute atomic E-state index is 4.97. The Balaban J connectivity index is 1.70. The van der Waals surface area contributed by atoms with Gasteiger partial charge in [0, 0.05) is 5.56 Å². The van der Waals surface area contributed by atoms with Gasteiger partial charge in [-0.05, 0) is 46.0 Å². The first-order chi connectivity index (χ1) is 13.8. The summed E-state index contributed by atoms with van der Waals surface area (Å²) in [5, 5.41) is 3.61. The molecule has 0 fully saturated rings. The molecule has 1 aromatic heterocycles. The Morgan fingerprint density at radius 1 is 0.821 bits per heavy atom. The van der Waals surface area contributed by atoms with Crippen molar-refractivity contribution in [1.82, 2.24) is 4.98 Å². The highest BCUT2D eigenvalue weighted by molar-refractivity contribution is 7.21. The molecular weight excluding hydrogens is 358 g/mol. The molecule has 4 aromatic carbocycles. The molecule has 0 bridgehead atoms. The van der Waals surface area contributed by atoms with Crippen LogP contribution in [0.1, 0.15) is 16.7 Å². The van der Waals surface area contributed by atoms with Crippen molar-refractivity contribution >= 4 is 38.4 Å². The Hall–Kier alpha value is -3.23. The van der Waals surface area contributed by atoms with Crippen LogP contribution in [0, 0.1) is 0 Å². The van der Waals surface area contributed by atoms with Crippen LogP contribution >= 0.6 is 11.3 Å². The number of thiazole rings is 1. The van der Waals surface area contributed by atoms with Crippen molar-refractivity contribution in [2.24, 2.45) is 0 Å². The second-order valence-electron chi connectivity index (χ2n) is 6.93. The minimum absolute atomic E-state index is 0.882. The van der Waals surface area contributed by atoms with E-state index in [-0.39, 0.29) is 0 Å². The van der Waals surface area contributed by atoms with E-state index in [1.54, 1.807) is 11.3 Å². The molecule has 28 heavy (non-hydrogen) atoms. The van der Waals surface area contributed by atoms with Gasteiger partial charge < -0.3 is 0 Å². The first kappa shape index (κ1) is 16.9. The number of para-hydroxylation sites is 1. The van der Waals surface area contributed by atoms with E-state index in [4.69, 9.17) is 4.98 Å². The third-order valence-corrected chi connectivity index (χ3v) is 6.19. The Kier molecular flexibility index (Phi) is 4.27. The predicted octanol–water partition coefficient (Wildman–Crippen LogP) is 7.35. The molecule has 0 saturated heterocycles. The van der Waals surface area contributed by atoms with Crippen LogP contribution in [0.2, 0.25) is 0 Å². The van der Waals surface area contributed by atoms with Crippen molar-refractivity contribution in [3.63, 3.8) is 0 Å². The maximum atomic E-state index is 4.97. The molecule has 0 spiro atoms. The normalized spacial score (nSPS) is 11.1. The molecule has 0 radical (unpaired) electrons. The third kappa shape index (κ3) is 3.02. The number of benzene rings is 4. The van der Waals surface area contributed by atoms with E-state index in [2.05, 4.69) is 91.5 Å². The van der Waals surface area contributed by atoms with E-state index >= 15 is 0 Å². The predicted molar refractivity (Wildman–Crippen MR) is 122 cm³/mol. The van der Waals surface area contributed by atoms with Crippen LogP contribution in [-0.2, 0) is 6.42 Å². The summed E-state index contributed by atoms with van der Waals surface area (Å²) in [7, 11) is 0. The lowest BCUT2D eigenvalue weighted by atomic mass is 9.94. The summed E-state index contributed by atoms with van der Waals surface area (Å²) < 4.78 is 1.23. The number of fused-ring (bicyclic) bond motifs is 2. The summed E-state index contributed by atoms with van der Waals surface area (Å²) in [5.74, 6) is 0.